The van der Waals surface area contributed by atoms with E-state index in [0.29, 0.717) is 16.7 Å². The standard InChI is InChI=1S/C14H15ClFN3O/c1-8(2)12-13(15)17-7-18-14(12)19-9-4-5-10(16)11(6-9)20-3/h4-8H,1-3H3,(H,17,18,19). The van der Waals surface area contributed by atoms with Crippen molar-refractivity contribution in [3.8, 4) is 5.75 Å². The van der Waals surface area contributed by atoms with Crippen molar-refractivity contribution in [1.29, 1.82) is 0 Å². The Morgan fingerprint density at radius 3 is 2.70 bits per heavy atom. The van der Waals surface area contributed by atoms with E-state index in [-0.39, 0.29) is 11.7 Å². The molecule has 2 rings (SSSR count). The summed E-state index contributed by atoms with van der Waals surface area (Å²) in [7, 11) is 1.42. The molecule has 6 heteroatoms. The Bertz CT molecular complexity index is 619. The predicted molar refractivity (Wildman–Crippen MR) is 77.4 cm³/mol. The van der Waals surface area contributed by atoms with Gasteiger partial charge >= 0.3 is 0 Å². The SMILES string of the molecule is COc1cc(Nc2ncnc(Cl)c2C(C)C)ccc1F. The molecule has 1 heterocycles. The molecule has 0 amide bonds. The van der Waals surface area contributed by atoms with Gasteiger partial charge in [-0.1, -0.05) is 25.4 Å². The van der Waals surface area contributed by atoms with E-state index in [1.165, 1.54) is 19.5 Å². The molecule has 0 atom stereocenters. The van der Waals surface area contributed by atoms with E-state index in [9.17, 15) is 4.39 Å². The van der Waals surface area contributed by atoms with Crippen molar-refractivity contribution in [1.82, 2.24) is 9.97 Å². The minimum absolute atomic E-state index is 0.161. The molecule has 0 aliphatic carbocycles. The van der Waals surface area contributed by atoms with Gasteiger partial charge < -0.3 is 10.1 Å². The first-order valence-corrected chi connectivity index (χ1v) is 6.51. The zero-order valence-electron chi connectivity index (χ0n) is 11.4. The van der Waals surface area contributed by atoms with Crippen LogP contribution in [0.5, 0.6) is 5.75 Å². The highest BCUT2D eigenvalue weighted by Crippen LogP contribution is 2.31. The number of aromatic nitrogens is 2. The molecule has 0 radical (unpaired) electrons. The van der Waals surface area contributed by atoms with Gasteiger partial charge in [-0.3, -0.25) is 0 Å². The zero-order chi connectivity index (χ0) is 14.7. The molecule has 1 aromatic carbocycles. The van der Waals surface area contributed by atoms with E-state index in [0.717, 1.165) is 5.56 Å². The van der Waals surface area contributed by atoms with E-state index in [2.05, 4.69) is 15.3 Å². The fraction of sp³-hybridized carbons (Fsp3) is 0.286. The molecule has 4 nitrogen and oxygen atoms in total. The summed E-state index contributed by atoms with van der Waals surface area (Å²) in [5.41, 5.74) is 1.48. The van der Waals surface area contributed by atoms with E-state index in [1.807, 2.05) is 13.8 Å². The third-order valence-corrected chi connectivity index (χ3v) is 3.13. The second-order valence-corrected chi connectivity index (χ2v) is 4.91. The highest BCUT2D eigenvalue weighted by atomic mass is 35.5. The lowest BCUT2D eigenvalue weighted by molar-refractivity contribution is 0.387. The molecule has 2 aromatic rings. The van der Waals surface area contributed by atoms with Crippen LogP contribution in [0, 0.1) is 5.82 Å². The van der Waals surface area contributed by atoms with Gasteiger partial charge in [-0.05, 0) is 18.1 Å². The molecule has 0 bridgehead atoms. The first kappa shape index (κ1) is 14.5. The number of rotatable bonds is 4. The van der Waals surface area contributed by atoms with Gasteiger partial charge in [0.1, 0.15) is 17.3 Å². The molecule has 0 aliphatic rings. The van der Waals surface area contributed by atoms with Gasteiger partial charge in [0.2, 0.25) is 0 Å². The van der Waals surface area contributed by atoms with Crippen LogP contribution in [0.1, 0.15) is 25.3 Å². The van der Waals surface area contributed by atoms with Gasteiger partial charge in [0, 0.05) is 17.3 Å². The molecular formula is C14H15ClFN3O. The van der Waals surface area contributed by atoms with Crippen molar-refractivity contribution in [2.75, 3.05) is 12.4 Å². The quantitative estimate of drug-likeness (QED) is 0.861. The van der Waals surface area contributed by atoms with Gasteiger partial charge in [-0.25, -0.2) is 14.4 Å². The number of ether oxygens (including phenoxy) is 1. The first-order chi connectivity index (χ1) is 9.52. The summed E-state index contributed by atoms with van der Waals surface area (Å²) in [6.07, 6.45) is 1.39. The Hall–Kier alpha value is -1.88. The Labute approximate surface area is 122 Å². The third kappa shape index (κ3) is 2.99. The highest BCUT2D eigenvalue weighted by molar-refractivity contribution is 6.30. The van der Waals surface area contributed by atoms with Crippen LogP contribution >= 0.6 is 11.6 Å². The molecule has 0 aliphatic heterocycles. The summed E-state index contributed by atoms with van der Waals surface area (Å²) in [4.78, 5) is 8.17. The predicted octanol–water partition coefficient (Wildman–Crippen LogP) is 4.14. The first-order valence-electron chi connectivity index (χ1n) is 6.14. The number of benzene rings is 1. The number of nitrogens with zero attached hydrogens (tertiary/aromatic N) is 2. The highest BCUT2D eigenvalue weighted by Gasteiger charge is 2.14. The second-order valence-electron chi connectivity index (χ2n) is 4.56. The largest absolute Gasteiger partial charge is 0.494 e. The van der Waals surface area contributed by atoms with Crippen LogP contribution in [0.25, 0.3) is 0 Å². The minimum Gasteiger partial charge on any atom is -0.494 e. The second kappa shape index (κ2) is 6.05. The van der Waals surface area contributed by atoms with Gasteiger partial charge in [-0.15, -0.1) is 0 Å². The van der Waals surface area contributed by atoms with Crippen molar-refractivity contribution >= 4 is 23.1 Å². The van der Waals surface area contributed by atoms with Crippen LogP contribution in [0.3, 0.4) is 0 Å². The monoisotopic (exact) mass is 295 g/mol. The van der Waals surface area contributed by atoms with Crippen LogP contribution in [-0.4, -0.2) is 17.1 Å². The van der Waals surface area contributed by atoms with Crippen molar-refractivity contribution in [2.24, 2.45) is 0 Å². The van der Waals surface area contributed by atoms with Crippen LogP contribution in [0.2, 0.25) is 5.15 Å². The molecular weight excluding hydrogens is 281 g/mol. The topological polar surface area (TPSA) is 47.0 Å². The van der Waals surface area contributed by atoms with E-state index < -0.39 is 5.82 Å². The summed E-state index contributed by atoms with van der Waals surface area (Å²) in [5, 5.41) is 3.52. The third-order valence-electron chi connectivity index (χ3n) is 2.83. The van der Waals surface area contributed by atoms with Crippen LogP contribution < -0.4 is 10.1 Å². The molecule has 0 fully saturated rings. The summed E-state index contributed by atoms with van der Waals surface area (Å²) in [6, 6.07) is 4.51. The van der Waals surface area contributed by atoms with Gasteiger partial charge in [0.05, 0.1) is 7.11 Å². The molecule has 106 valence electrons. The summed E-state index contributed by atoms with van der Waals surface area (Å²) >= 11 is 6.10. The van der Waals surface area contributed by atoms with Crippen molar-refractivity contribution < 1.29 is 9.13 Å². The van der Waals surface area contributed by atoms with E-state index in [4.69, 9.17) is 16.3 Å². The van der Waals surface area contributed by atoms with Crippen LogP contribution in [0.4, 0.5) is 15.9 Å². The summed E-state index contributed by atoms with van der Waals surface area (Å²) < 4.78 is 18.3. The molecule has 0 saturated carbocycles. The molecule has 1 N–H and O–H groups in total. The fourth-order valence-electron chi connectivity index (χ4n) is 1.86. The Morgan fingerprint density at radius 1 is 1.30 bits per heavy atom. The number of hydrogen-bond acceptors (Lipinski definition) is 4. The molecule has 20 heavy (non-hydrogen) atoms. The number of nitrogens with one attached hydrogen (secondary N) is 1. The van der Waals surface area contributed by atoms with Crippen molar-refractivity contribution in [3.05, 3.63) is 41.1 Å². The van der Waals surface area contributed by atoms with Crippen LogP contribution in [0.15, 0.2) is 24.5 Å². The average Bonchev–Trinajstić information content (AvgIpc) is 2.40. The van der Waals surface area contributed by atoms with Gasteiger partial charge in [0.25, 0.3) is 0 Å². The van der Waals surface area contributed by atoms with Crippen molar-refractivity contribution in [3.63, 3.8) is 0 Å². The Morgan fingerprint density at radius 2 is 2.05 bits per heavy atom. The maximum atomic E-state index is 13.4. The Kier molecular flexibility index (Phi) is 4.39. The van der Waals surface area contributed by atoms with Gasteiger partial charge in [0.15, 0.2) is 11.6 Å². The number of hydrogen-bond donors (Lipinski definition) is 1. The maximum absolute atomic E-state index is 13.4. The fourth-order valence-corrected chi connectivity index (χ4v) is 2.21. The Balaban J connectivity index is 2.37. The number of anilines is 2. The molecule has 0 spiro atoms. The molecule has 0 unspecified atom stereocenters. The maximum Gasteiger partial charge on any atom is 0.165 e. The van der Waals surface area contributed by atoms with Gasteiger partial charge in [-0.2, -0.15) is 0 Å². The lowest BCUT2D eigenvalue weighted by Gasteiger charge is -2.14. The average molecular weight is 296 g/mol. The van der Waals surface area contributed by atoms with Crippen molar-refractivity contribution in [2.45, 2.75) is 19.8 Å². The minimum atomic E-state index is -0.414. The molecule has 1 aromatic heterocycles. The summed E-state index contributed by atoms with van der Waals surface area (Å²) in [6.45, 7) is 4.00. The van der Waals surface area contributed by atoms with E-state index in [1.54, 1.807) is 12.1 Å². The molecule has 0 saturated heterocycles. The lowest BCUT2D eigenvalue weighted by atomic mass is 10.1. The number of methoxy groups -OCH3 is 1. The van der Waals surface area contributed by atoms with E-state index >= 15 is 0 Å². The zero-order valence-corrected chi connectivity index (χ0v) is 12.2. The number of halogens is 2. The smallest absolute Gasteiger partial charge is 0.165 e. The lowest BCUT2D eigenvalue weighted by Crippen LogP contribution is -2.03. The van der Waals surface area contributed by atoms with Crippen LogP contribution in [-0.2, 0) is 0 Å². The normalized spacial score (nSPS) is 10.7. The summed E-state index contributed by atoms with van der Waals surface area (Å²) in [5.74, 6) is 0.520.